The molecule has 0 radical (unpaired) electrons. The second-order valence-corrected chi connectivity index (χ2v) is 9.53. The topological polar surface area (TPSA) is 61.0 Å². The normalized spacial score (nSPS) is 17.1. The number of nitrogens with zero attached hydrogens (tertiary/aromatic N) is 2. The molecule has 0 saturated carbocycles. The first-order valence-corrected chi connectivity index (χ1v) is 11.7. The molecule has 5 heteroatoms. The number of carbonyl (C=O) groups excluding carboxylic acids is 1. The van der Waals surface area contributed by atoms with Gasteiger partial charge < -0.3 is 15.2 Å². The van der Waals surface area contributed by atoms with Crippen molar-refractivity contribution < 1.29 is 4.79 Å². The van der Waals surface area contributed by atoms with E-state index in [0.29, 0.717) is 11.5 Å². The van der Waals surface area contributed by atoms with Crippen LogP contribution in [-0.2, 0) is 13.0 Å². The molecule has 0 saturated heterocycles. The molecule has 33 heavy (non-hydrogen) atoms. The standard InChI is InChI=1S/C28H28N4O/c1-32(2)28(33)18-8-6-17(7-9-18)25-16-31-27-24(25)12-22(15-30-27)21-10-19-4-3-5-20-13-29-14-23(11-21)26(19)20/h6-12,15-16,20,29H,3-5,13-14H2,1-2H3,(H,30,31)/t20-/m1/s1. The molecule has 2 N–H and O–H groups in total. The molecule has 1 atom stereocenters. The number of aromatic nitrogens is 2. The molecule has 1 aliphatic carbocycles. The van der Waals surface area contributed by atoms with Crippen molar-refractivity contribution >= 4 is 16.9 Å². The Labute approximate surface area is 193 Å². The fraction of sp³-hybridized carbons (Fsp3) is 0.286. The van der Waals surface area contributed by atoms with E-state index in [4.69, 9.17) is 4.98 Å². The number of H-pyrrole nitrogens is 1. The maximum atomic E-state index is 12.2. The highest BCUT2D eigenvalue weighted by atomic mass is 16.2. The number of rotatable bonds is 3. The number of carbonyl (C=O) groups is 1. The van der Waals surface area contributed by atoms with Crippen molar-refractivity contribution in [3.05, 3.63) is 77.1 Å². The van der Waals surface area contributed by atoms with Crippen molar-refractivity contribution in [1.82, 2.24) is 20.2 Å². The summed E-state index contributed by atoms with van der Waals surface area (Å²) >= 11 is 0. The summed E-state index contributed by atoms with van der Waals surface area (Å²) in [6.45, 7) is 2.06. The Hall–Kier alpha value is -3.44. The maximum absolute atomic E-state index is 12.2. The van der Waals surface area contributed by atoms with Crippen molar-refractivity contribution in [1.29, 1.82) is 0 Å². The number of amides is 1. The molecule has 5 nitrogen and oxygen atoms in total. The zero-order valence-corrected chi connectivity index (χ0v) is 19.1. The van der Waals surface area contributed by atoms with Crippen LogP contribution in [0.4, 0.5) is 0 Å². The Kier molecular flexibility index (Phi) is 4.80. The van der Waals surface area contributed by atoms with E-state index in [1.807, 2.05) is 36.7 Å². The minimum absolute atomic E-state index is 0.0116. The van der Waals surface area contributed by atoms with Crippen LogP contribution < -0.4 is 5.32 Å². The van der Waals surface area contributed by atoms with Crippen LogP contribution in [0.25, 0.3) is 33.3 Å². The average molecular weight is 437 g/mol. The average Bonchev–Trinajstić information content (AvgIpc) is 3.27. The van der Waals surface area contributed by atoms with Gasteiger partial charge in [0.05, 0.1) is 0 Å². The van der Waals surface area contributed by atoms with Gasteiger partial charge in [0.1, 0.15) is 5.65 Å². The van der Waals surface area contributed by atoms with Crippen LogP contribution in [0.15, 0.2) is 54.9 Å². The van der Waals surface area contributed by atoms with Gasteiger partial charge in [-0.25, -0.2) is 4.98 Å². The second kappa shape index (κ2) is 7.85. The van der Waals surface area contributed by atoms with Crippen molar-refractivity contribution in [2.75, 3.05) is 20.6 Å². The SMILES string of the molecule is CN(C)C(=O)c1ccc(-c2c[nH]c3ncc(-c4cc5c6c(c4)CNC[C@H]6CCC5)cc23)cc1. The van der Waals surface area contributed by atoms with Crippen LogP contribution in [-0.4, -0.2) is 41.4 Å². The summed E-state index contributed by atoms with van der Waals surface area (Å²) in [6.07, 6.45) is 7.73. The van der Waals surface area contributed by atoms with Crippen molar-refractivity contribution in [2.45, 2.75) is 31.7 Å². The Morgan fingerprint density at radius 3 is 2.67 bits per heavy atom. The molecule has 6 rings (SSSR count). The van der Waals surface area contributed by atoms with E-state index >= 15 is 0 Å². The highest BCUT2D eigenvalue weighted by molar-refractivity contribution is 5.98. The third-order valence-electron chi connectivity index (χ3n) is 7.18. The number of aromatic amines is 1. The first-order chi connectivity index (χ1) is 16.1. The van der Waals surface area contributed by atoms with E-state index in [1.54, 1.807) is 24.6 Å². The third kappa shape index (κ3) is 3.44. The molecule has 0 fully saturated rings. The molecular weight excluding hydrogens is 408 g/mol. The van der Waals surface area contributed by atoms with Crippen molar-refractivity contribution in [3.63, 3.8) is 0 Å². The summed E-state index contributed by atoms with van der Waals surface area (Å²) < 4.78 is 0. The predicted octanol–water partition coefficient (Wildman–Crippen LogP) is 5.12. The summed E-state index contributed by atoms with van der Waals surface area (Å²) in [5.41, 5.74) is 10.7. The van der Waals surface area contributed by atoms with E-state index in [-0.39, 0.29) is 5.91 Å². The van der Waals surface area contributed by atoms with Crippen molar-refractivity contribution in [3.8, 4) is 22.3 Å². The minimum atomic E-state index is 0.0116. The molecular formula is C28H28N4O. The van der Waals surface area contributed by atoms with Gasteiger partial charge in [-0.05, 0) is 77.3 Å². The smallest absolute Gasteiger partial charge is 0.253 e. The lowest BCUT2D eigenvalue weighted by Crippen LogP contribution is -2.31. The number of hydrogen-bond acceptors (Lipinski definition) is 3. The fourth-order valence-electron chi connectivity index (χ4n) is 5.54. The third-order valence-corrected chi connectivity index (χ3v) is 7.18. The van der Waals surface area contributed by atoms with E-state index in [1.165, 1.54) is 36.0 Å². The Bertz CT molecular complexity index is 1340. The summed E-state index contributed by atoms with van der Waals surface area (Å²) in [6, 6.07) is 14.8. The highest BCUT2D eigenvalue weighted by Gasteiger charge is 2.27. The number of fused-ring (bicyclic) bond motifs is 1. The van der Waals surface area contributed by atoms with Crippen LogP contribution in [0.5, 0.6) is 0 Å². The number of benzene rings is 2. The molecule has 0 unspecified atom stereocenters. The van der Waals surface area contributed by atoms with E-state index < -0.39 is 0 Å². The summed E-state index contributed by atoms with van der Waals surface area (Å²) in [5.74, 6) is 0.684. The van der Waals surface area contributed by atoms with Gasteiger partial charge in [-0.15, -0.1) is 0 Å². The van der Waals surface area contributed by atoms with Gasteiger partial charge in [0, 0.05) is 61.7 Å². The molecule has 0 bridgehead atoms. The number of pyridine rings is 1. The van der Waals surface area contributed by atoms with Crippen LogP contribution in [0.1, 0.15) is 45.8 Å². The molecule has 1 amide bonds. The maximum Gasteiger partial charge on any atom is 0.253 e. The quantitative estimate of drug-likeness (QED) is 0.469. The summed E-state index contributed by atoms with van der Waals surface area (Å²) in [5, 5.41) is 4.71. The Morgan fingerprint density at radius 1 is 1.03 bits per heavy atom. The van der Waals surface area contributed by atoms with E-state index in [9.17, 15) is 4.79 Å². The molecule has 1 aliphatic heterocycles. The Balaban J connectivity index is 1.41. The van der Waals surface area contributed by atoms with Gasteiger partial charge in [-0.1, -0.05) is 18.2 Å². The van der Waals surface area contributed by atoms with Gasteiger partial charge in [0.25, 0.3) is 5.91 Å². The number of nitrogens with one attached hydrogen (secondary N) is 2. The molecule has 3 heterocycles. The summed E-state index contributed by atoms with van der Waals surface area (Å²) in [7, 11) is 3.54. The van der Waals surface area contributed by atoms with Gasteiger partial charge in [-0.2, -0.15) is 0 Å². The van der Waals surface area contributed by atoms with E-state index in [0.717, 1.165) is 40.8 Å². The molecule has 2 aliphatic rings. The number of aryl methyl sites for hydroxylation is 1. The lowest BCUT2D eigenvalue weighted by atomic mass is 9.77. The van der Waals surface area contributed by atoms with Gasteiger partial charge in [-0.3, -0.25) is 4.79 Å². The minimum Gasteiger partial charge on any atom is -0.346 e. The molecule has 4 aromatic rings. The first-order valence-electron chi connectivity index (χ1n) is 11.7. The monoisotopic (exact) mass is 436 g/mol. The predicted molar refractivity (Wildman–Crippen MR) is 132 cm³/mol. The Morgan fingerprint density at radius 2 is 1.85 bits per heavy atom. The second-order valence-electron chi connectivity index (χ2n) is 9.53. The van der Waals surface area contributed by atoms with Crippen LogP contribution in [0, 0.1) is 0 Å². The van der Waals surface area contributed by atoms with Crippen LogP contribution in [0.3, 0.4) is 0 Å². The van der Waals surface area contributed by atoms with Gasteiger partial charge in [0.15, 0.2) is 0 Å². The number of hydrogen-bond donors (Lipinski definition) is 2. The van der Waals surface area contributed by atoms with E-state index in [2.05, 4.69) is 28.5 Å². The molecule has 2 aromatic carbocycles. The largest absolute Gasteiger partial charge is 0.346 e. The van der Waals surface area contributed by atoms with Crippen molar-refractivity contribution in [2.24, 2.45) is 0 Å². The van der Waals surface area contributed by atoms with Crippen LogP contribution >= 0.6 is 0 Å². The zero-order valence-electron chi connectivity index (χ0n) is 19.1. The zero-order chi connectivity index (χ0) is 22.5. The highest BCUT2D eigenvalue weighted by Crippen LogP contribution is 2.39. The summed E-state index contributed by atoms with van der Waals surface area (Å²) in [4.78, 5) is 21.9. The molecule has 2 aromatic heterocycles. The lowest BCUT2D eigenvalue weighted by molar-refractivity contribution is 0.0827. The fourth-order valence-corrected chi connectivity index (χ4v) is 5.54. The first kappa shape index (κ1) is 20.2. The molecule has 0 spiro atoms. The lowest BCUT2D eigenvalue weighted by Gasteiger charge is -2.33. The molecule has 166 valence electrons. The van der Waals surface area contributed by atoms with Gasteiger partial charge in [0.2, 0.25) is 0 Å². The van der Waals surface area contributed by atoms with Gasteiger partial charge >= 0.3 is 0 Å². The van der Waals surface area contributed by atoms with Crippen LogP contribution in [0.2, 0.25) is 0 Å².